The van der Waals surface area contributed by atoms with Gasteiger partial charge in [0.25, 0.3) is 0 Å². The van der Waals surface area contributed by atoms with Gasteiger partial charge in [-0.1, -0.05) is 38.1 Å². The van der Waals surface area contributed by atoms with Crippen LogP contribution in [0.3, 0.4) is 0 Å². The Bertz CT molecular complexity index is 338. The summed E-state index contributed by atoms with van der Waals surface area (Å²) in [7, 11) is 0. The van der Waals surface area contributed by atoms with Crippen LogP contribution in [-0.2, 0) is 0 Å². The Morgan fingerprint density at radius 1 is 1.12 bits per heavy atom. The van der Waals surface area contributed by atoms with Gasteiger partial charge in [0.15, 0.2) is 0 Å². The van der Waals surface area contributed by atoms with Crippen molar-refractivity contribution in [3.8, 4) is 0 Å². The van der Waals surface area contributed by atoms with Crippen molar-refractivity contribution in [1.82, 2.24) is 5.32 Å². The van der Waals surface area contributed by atoms with E-state index >= 15 is 0 Å². The van der Waals surface area contributed by atoms with Crippen molar-refractivity contribution in [3.63, 3.8) is 0 Å². The molecular formula is C15H23NS. The summed E-state index contributed by atoms with van der Waals surface area (Å²) in [6.07, 6.45) is 1.32. The molecule has 0 radical (unpaired) electrons. The minimum Gasteiger partial charge on any atom is -0.307 e. The number of rotatable bonds is 4. The first kappa shape index (κ1) is 13.0. The zero-order chi connectivity index (χ0) is 12.3. The van der Waals surface area contributed by atoms with Crippen molar-refractivity contribution in [2.75, 3.05) is 11.5 Å². The Balaban J connectivity index is 1.96. The number of hydrogen-bond acceptors (Lipinski definition) is 2. The topological polar surface area (TPSA) is 12.0 Å². The fourth-order valence-electron chi connectivity index (χ4n) is 2.29. The zero-order valence-corrected chi connectivity index (χ0v) is 11.9. The van der Waals surface area contributed by atoms with Gasteiger partial charge < -0.3 is 5.32 Å². The van der Waals surface area contributed by atoms with Crippen LogP contribution in [0.15, 0.2) is 24.3 Å². The molecule has 0 amide bonds. The molecule has 0 saturated carbocycles. The molecule has 1 aromatic carbocycles. The maximum atomic E-state index is 3.72. The molecule has 0 bridgehead atoms. The maximum absolute atomic E-state index is 3.72. The molecule has 0 spiro atoms. The van der Waals surface area contributed by atoms with Gasteiger partial charge >= 0.3 is 0 Å². The molecule has 1 heterocycles. The fourth-order valence-corrected chi connectivity index (χ4v) is 3.45. The lowest BCUT2D eigenvalue weighted by atomic mass is 9.99. The van der Waals surface area contributed by atoms with Crippen LogP contribution in [0.1, 0.15) is 50.3 Å². The van der Waals surface area contributed by atoms with E-state index in [2.05, 4.69) is 62.1 Å². The van der Waals surface area contributed by atoms with Crippen LogP contribution in [0.5, 0.6) is 0 Å². The van der Waals surface area contributed by atoms with Crippen molar-refractivity contribution in [1.29, 1.82) is 0 Å². The Morgan fingerprint density at radius 3 is 2.29 bits per heavy atom. The number of nitrogens with one attached hydrogen (secondary N) is 1. The molecule has 1 aromatic rings. The highest BCUT2D eigenvalue weighted by atomic mass is 32.2. The van der Waals surface area contributed by atoms with Crippen molar-refractivity contribution in [3.05, 3.63) is 35.4 Å². The third-order valence-electron chi connectivity index (χ3n) is 3.52. The standard InChI is InChI=1S/C15H23NS/c1-11(2)13-4-6-14(7-5-13)12(3)16-15-8-9-17-10-15/h4-7,11-12,15-16H,8-10H2,1-3H3. The first-order valence-corrected chi connectivity index (χ1v) is 7.76. The van der Waals surface area contributed by atoms with Gasteiger partial charge in [0.2, 0.25) is 0 Å². The van der Waals surface area contributed by atoms with E-state index in [-0.39, 0.29) is 0 Å². The van der Waals surface area contributed by atoms with Gasteiger partial charge in [-0.05, 0) is 36.1 Å². The summed E-state index contributed by atoms with van der Waals surface area (Å²) < 4.78 is 0. The van der Waals surface area contributed by atoms with Crippen LogP contribution in [0.25, 0.3) is 0 Å². The smallest absolute Gasteiger partial charge is 0.0294 e. The molecular weight excluding hydrogens is 226 g/mol. The van der Waals surface area contributed by atoms with Crippen LogP contribution in [-0.4, -0.2) is 17.5 Å². The largest absolute Gasteiger partial charge is 0.307 e. The maximum Gasteiger partial charge on any atom is 0.0294 e. The van der Waals surface area contributed by atoms with E-state index < -0.39 is 0 Å². The van der Waals surface area contributed by atoms with Gasteiger partial charge in [-0.3, -0.25) is 0 Å². The lowest BCUT2D eigenvalue weighted by Gasteiger charge is -2.19. The van der Waals surface area contributed by atoms with Crippen LogP contribution >= 0.6 is 11.8 Å². The minimum atomic E-state index is 0.472. The lowest BCUT2D eigenvalue weighted by Crippen LogP contribution is -2.31. The summed E-state index contributed by atoms with van der Waals surface area (Å²) in [5, 5.41) is 3.72. The Labute approximate surface area is 109 Å². The average Bonchev–Trinajstić information content (AvgIpc) is 2.82. The molecule has 17 heavy (non-hydrogen) atoms. The van der Waals surface area contributed by atoms with E-state index in [4.69, 9.17) is 0 Å². The number of thioether (sulfide) groups is 1. The molecule has 1 saturated heterocycles. The van der Waals surface area contributed by atoms with Crippen molar-refractivity contribution < 1.29 is 0 Å². The third kappa shape index (κ3) is 3.49. The molecule has 0 aliphatic carbocycles. The molecule has 1 N–H and O–H groups in total. The molecule has 1 nitrogen and oxygen atoms in total. The molecule has 1 fully saturated rings. The summed E-state index contributed by atoms with van der Waals surface area (Å²) in [4.78, 5) is 0. The van der Waals surface area contributed by atoms with Crippen molar-refractivity contribution in [2.45, 2.75) is 45.2 Å². The van der Waals surface area contributed by atoms with E-state index in [1.54, 1.807) is 0 Å². The highest BCUT2D eigenvalue weighted by Gasteiger charge is 2.17. The summed E-state index contributed by atoms with van der Waals surface area (Å²) in [6.45, 7) is 6.76. The van der Waals surface area contributed by atoms with Gasteiger partial charge in [-0.25, -0.2) is 0 Å². The summed E-state index contributed by atoms with van der Waals surface area (Å²) >= 11 is 2.06. The van der Waals surface area contributed by atoms with Gasteiger partial charge in [0.05, 0.1) is 0 Å². The van der Waals surface area contributed by atoms with Gasteiger partial charge in [-0.2, -0.15) is 11.8 Å². The number of benzene rings is 1. The molecule has 2 unspecified atom stereocenters. The molecule has 1 aliphatic rings. The first-order valence-electron chi connectivity index (χ1n) is 6.60. The van der Waals surface area contributed by atoms with E-state index in [0.29, 0.717) is 18.0 Å². The van der Waals surface area contributed by atoms with Gasteiger partial charge in [-0.15, -0.1) is 0 Å². The highest BCUT2D eigenvalue weighted by Crippen LogP contribution is 2.22. The van der Waals surface area contributed by atoms with Gasteiger partial charge in [0.1, 0.15) is 0 Å². The first-order chi connectivity index (χ1) is 8.16. The van der Waals surface area contributed by atoms with E-state index in [1.165, 1.54) is 29.1 Å². The normalized spacial score (nSPS) is 22.0. The quantitative estimate of drug-likeness (QED) is 0.866. The van der Waals surface area contributed by atoms with Crippen LogP contribution in [0.2, 0.25) is 0 Å². The van der Waals surface area contributed by atoms with Crippen molar-refractivity contribution >= 4 is 11.8 Å². The Hall–Kier alpha value is -0.470. The summed E-state index contributed by atoms with van der Waals surface area (Å²) in [6, 6.07) is 10.3. The summed E-state index contributed by atoms with van der Waals surface area (Å²) in [5.74, 6) is 3.21. The second-order valence-corrected chi connectivity index (χ2v) is 6.42. The fraction of sp³-hybridized carbons (Fsp3) is 0.600. The molecule has 0 aromatic heterocycles. The highest BCUT2D eigenvalue weighted by molar-refractivity contribution is 7.99. The molecule has 2 heteroatoms. The Kier molecular flexibility index (Phi) is 4.52. The number of hydrogen-bond donors (Lipinski definition) is 1. The third-order valence-corrected chi connectivity index (χ3v) is 4.68. The second-order valence-electron chi connectivity index (χ2n) is 5.27. The Morgan fingerprint density at radius 2 is 1.76 bits per heavy atom. The predicted octanol–water partition coefficient (Wildman–Crippen LogP) is 3.97. The van der Waals surface area contributed by atoms with E-state index in [9.17, 15) is 0 Å². The average molecular weight is 249 g/mol. The molecule has 2 rings (SSSR count). The molecule has 1 aliphatic heterocycles. The lowest BCUT2D eigenvalue weighted by molar-refractivity contribution is 0.486. The van der Waals surface area contributed by atoms with Gasteiger partial charge in [0, 0.05) is 17.8 Å². The van der Waals surface area contributed by atoms with Crippen LogP contribution in [0, 0.1) is 0 Å². The van der Waals surface area contributed by atoms with Crippen LogP contribution in [0.4, 0.5) is 0 Å². The second kappa shape index (κ2) is 5.92. The SMILES string of the molecule is CC(C)c1ccc(C(C)NC2CCSC2)cc1. The minimum absolute atomic E-state index is 0.472. The summed E-state index contributed by atoms with van der Waals surface area (Å²) in [5.41, 5.74) is 2.84. The molecule has 94 valence electrons. The van der Waals surface area contributed by atoms with E-state index in [0.717, 1.165) is 0 Å². The predicted molar refractivity (Wildman–Crippen MR) is 77.8 cm³/mol. The zero-order valence-electron chi connectivity index (χ0n) is 11.1. The van der Waals surface area contributed by atoms with Crippen LogP contribution < -0.4 is 5.32 Å². The molecule has 2 atom stereocenters. The van der Waals surface area contributed by atoms with E-state index in [1.807, 2.05) is 0 Å². The monoisotopic (exact) mass is 249 g/mol. The van der Waals surface area contributed by atoms with Crippen molar-refractivity contribution in [2.24, 2.45) is 0 Å².